The molecule has 1 atom stereocenters. The molecular weight excluding hydrogens is 336 g/mol. The van der Waals surface area contributed by atoms with Gasteiger partial charge >= 0.3 is 5.97 Å². The molecular formula is C19H20N2O5. The molecule has 0 unspecified atom stereocenters. The summed E-state index contributed by atoms with van der Waals surface area (Å²) in [4.78, 5) is 29.0. The summed E-state index contributed by atoms with van der Waals surface area (Å²) in [6.45, 7) is 0.264. The second-order valence-corrected chi connectivity index (χ2v) is 5.97. The number of carbonyl (C=O) groups excluding carboxylic acids is 1. The number of carboxylic acid groups (broad SMARTS) is 1. The number of aliphatic carboxylic acids is 1. The van der Waals surface area contributed by atoms with Crippen LogP contribution in [0.15, 0.2) is 48.7 Å². The third-order valence-electron chi connectivity index (χ3n) is 4.15. The minimum atomic E-state index is -0.964. The first-order valence-electron chi connectivity index (χ1n) is 8.47. The van der Waals surface area contributed by atoms with E-state index in [-0.39, 0.29) is 12.5 Å². The van der Waals surface area contributed by atoms with Gasteiger partial charge in [-0.15, -0.1) is 0 Å². The molecule has 1 aromatic carbocycles. The van der Waals surface area contributed by atoms with E-state index < -0.39 is 12.0 Å². The number of carboxylic acids is 1. The fourth-order valence-corrected chi connectivity index (χ4v) is 2.85. The number of pyridine rings is 1. The van der Waals surface area contributed by atoms with Crippen LogP contribution in [0.1, 0.15) is 19.3 Å². The normalized spacial score (nSPS) is 16.8. The first-order chi connectivity index (χ1) is 12.6. The van der Waals surface area contributed by atoms with Crippen molar-refractivity contribution in [2.75, 3.05) is 13.2 Å². The van der Waals surface area contributed by atoms with Crippen molar-refractivity contribution in [3.63, 3.8) is 0 Å². The summed E-state index contributed by atoms with van der Waals surface area (Å²) in [5.74, 6) is 0.320. The van der Waals surface area contributed by atoms with Crippen LogP contribution in [0.2, 0.25) is 0 Å². The zero-order valence-electron chi connectivity index (χ0n) is 14.2. The summed E-state index contributed by atoms with van der Waals surface area (Å²) >= 11 is 0. The van der Waals surface area contributed by atoms with Crippen LogP contribution in [-0.2, 0) is 9.59 Å². The van der Waals surface area contributed by atoms with E-state index in [1.165, 1.54) is 4.90 Å². The lowest BCUT2D eigenvalue weighted by molar-refractivity contribution is -0.152. The number of likely N-dealkylation sites (tertiary alicyclic amines) is 1. The molecule has 0 radical (unpaired) electrons. The highest BCUT2D eigenvalue weighted by Crippen LogP contribution is 2.23. The Labute approximate surface area is 151 Å². The quantitative estimate of drug-likeness (QED) is 0.856. The third-order valence-corrected chi connectivity index (χ3v) is 4.15. The zero-order valence-corrected chi connectivity index (χ0v) is 14.2. The Hall–Kier alpha value is -3.09. The summed E-state index contributed by atoms with van der Waals surface area (Å²) in [5, 5.41) is 9.24. The van der Waals surface area contributed by atoms with Gasteiger partial charge in [0.2, 0.25) is 5.88 Å². The van der Waals surface area contributed by atoms with Crippen molar-refractivity contribution in [2.24, 2.45) is 0 Å². The number of nitrogens with zero attached hydrogens (tertiary/aromatic N) is 2. The second-order valence-electron chi connectivity index (χ2n) is 5.97. The molecule has 7 nitrogen and oxygen atoms in total. The van der Waals surface area contributed by atoms with Crippen molar-refractivity contribution in [3.8, 4) is 17.4 Å². The van der Waals surface area contributed by atoms with Crippen LogP contribution in [-0.4, -0.2) is 46.1 Å². The highest BCUT2D eigenvalue weighted by atomic mass is 16.5. The smallest absolute Gasteiger partial charge is 0.326 e. The number of hydrogen-bond donors (Lipinski definition) is 1. The molecule has 7 heteroatoms. The van der Waals surface area contributed by atoms with E-state index in [0.29, 0.717) is 30.3 Å². The van der Waals surface area contributed by atoms with Gasteiger partial charge in [-0.3, -0.25) is 4.79 Å². The van der Waals surface area contributed by atoms with Gasteiger partial charge < -0.3 is 19.5 Å². The lowest BCUT2D eigenvalue weighted by Crippen LogP contribution is -2.49. The summed E-state index contributed by atoms with van der Waals surface area (Å²) in [6.07, 6.45) is 3.76. The summed E-state index contributed by atoms with van der Waals surface area (Å²) in [5.41, 5.74) is 0. The molecule has 0 spiro atoms. The second kappa shape index (κ2) is 8.33. The highest BCUT2D eigenvalue weighted by molar-refractivity contribution is 5.84. The van der Waals surface area contributed by atoms with Crippen LogP contribution in [0.5, 0.6) is 17.4 Å². The van der Waals surface area contributed by atoms with Crippen molar-refractivity contribution >= 4 is 11.9 Å². The van der Waals surface area contributed by atoms with Crippen molar-refractivity contribution in [1.82, 2.24) is 9.88 Å². The number of carbonyl (C=O) groups is 2. The van der Waals surface area contributed by atoms with Gasteiger partial charge in [-0.05, 0) is 49.6 Å². The van der Waals surface area contributed by atoms with Gasteiger partial charge in [-0.2, -0.15) is 0 Å². The Kier molecular flexibility index (Phi) is 5.68. The molecule has 1 aliphatic heterocycles. The van der Waals surface area contributed by atoms with Crippen LogP contribution in [0.3, 0.4) is 0 Å². The van der Waals surface area contributed by atoms with Gasteiger partial charge in [0.25, 0.3) is 5.91 Å². The van der Waals surface area contributed by atoms with Gasteiger partial charge in [0.05, 0.1) is 0 Å². The number of rotatable bonds is 6. The maximum absolute atomic E-state index is 12.3. The first kappa shape index (κ1) is 17.7. The maximum Gasteiger partial charge on any atom is 0.326 e. The monoisotopic (exact) mass is 356 g/mol. The lowest BCUT2D eigenvalue weighted by atomic mass is 10.0. The maximum atomic E-state index is 12.3. The van der Waals surface area contributed by atoms with Crippen LogP contribution >= 0.6 is 0 Å². The SMILES string of the molecule is O=C(O)[C@H]1CCCCN1C(=O)COc1ccc(Oc2ccccn2)cc1. The average molecular weight is 356 g/mol. The molecule has 1 fully saturated rings. The Morgan fingerprint density at radius 3 is 2.58 bits per heavy atom. The average Bonchev–Trinajstić information content (AvgIpc) is 2.68. The molecule has 1 saturated heterocycles. The minimum Gasteiger partial charge on any atom is -0.484 e. The van der Waals surface area contributed by atoms with Crippen molar-refractivity contribution in [3.05, 3.63) is 48.7 Å². The molecule has 1 aliphatic rings. The van der Waals surface area contributed by atoms with Crippen LogP contribution in [0.4, 0.5) is 0 Å². The number of aromatic nitrogens is 1. The summed E-state index contributed by atoms with van der Waals surface area (Å²) in [7, 11) is 0. The predicted molar refractivity (Wildman–Crippen MR) is 93.2 cm³/mol. The van der Waals surface area contributed by atoms with E-state index in [1.54, 1.807) is 42.6 Å². The molecule has 1 aromatic heterocycles. The lowest BCUT2D eigenvalue weighted by Gasteiger charge is -2.32. The molecule has 1 amide bonds. The number of ether oxygens (including phenoxy) is 2. The third kappa shape index (κ3) is 4.50. The zero-order chi connectivity index (χ0) is 18.4. The fraction of sp³-hybridized carbons (Fsp3) is 0.316. The molecule has 0 bridgehead atoms. The van der Waals surface area contributed by atoms with E-state index in [0.717, 1.165) is 12.8 Å². The molecule has 0 saturated carbocycles. The van der Waals surface area contributed by atoms with Crippen LogP contribution in [0, 0.1) is 0 Å². The number of benzene rings is 1. The molecule has 1 N–H and O–H groups in total. The first-order valence-corrected chi connectivity index (χ1v) is 8.47. The molecule has 0 aliphatic carbocycles. The van der Waals surface area contributed by atoms with Crippen molar-refractivity contribution in [2.45, 2.75) is 25.3 Å². The van der Waals surface area contributed by atoms with E-state index in [9.17, 15) is 14.7 Å². The molecule has 136 valence electrons. The molecule has 26 heavy (non-hydrogen) atoms. The molecule has 2 heterocycles. The topological polar surface area (TPSA) is 89.0 Å². The largest absolute Gasteiger partial charge is 0.484 e. The van der Waals surface area contributed by atoms with Gasteiger partial charge in [0.1, 0.15) is 17.5 Å². The standard InChI is InChI=1S/C19H20N2O5/c22-18(21-12-4-2-5-16(21)19(23)24)13-25-14-7-9-15(10-8-14)26-17-6-1-3-11-20-17/h1,3,6-11,16H,2,4-5,12-13H2,(H,23,24)/t16-/m1/s1. The molecule has 2 aromatic rings. The fourth-order valence-electron chi connectivity index (χ4n) is 2.85. The van der Waals surface area contributed by atoms with E-state index in [4.69, 9.17) is 9.47 Å². The number of amides is 1. The Bertz CT molecular complexity index is 748. The van der Waals surface area contributed by atoms with Crippen LogP contribution < -0.4 is 9.47 Å². The van der Waals surface area contributed by atoms with E-state index in [1.807, 2.05) is 6.07 Å². The van der Waals surface area contributed by atoms with Gasteiger partial charge in [-0.1, -0.05) is 6.07 Å². The van der Waals surface area contributed by atoms with Gasteiger partial charge in [0, 0.05) is 18.8 Å². The van der Waals surface area contributed by atoms with E-state index >= 15 is 0 Å². The Morgan fingerprint density at radius 2 is 1.88 bits per heavy atom. The summed E-state index contributed by atoms with van der Waals surface area (Å²) in [6, 6.07) is 11.4. The van der Waals surface area contributed by atoms with Crippen LogP contribution in [0.25, 0.3) is 0 Å². The van der Waals surface area contributed by atoms with Gasteiger partial charge in [0.15, 0.2) is 6.61 Å². The van der Waals surface area contributed by atoms with Gasteiger partial charge in [-0.25, -0.2) is 9.78 Å². The predicted octanol–water partition coefficient (Wildman–Crippen LogP) is 2.72. The number of hydrogen-bond acceptors (Lipinski definition) is 5. The number of piperidine rings is 1. The highest BCUT2D eigenvalue weighted by Gasteiger charge is 2.31. The Morgan fingerprint density at radius 1 is 1.12 bits per heavy atom. The minimum absolute atomic E-state index is 0.190. The van der Waals surface area contributed by atoms with E-state index in [2.05, 4.69) is 4.98 Å². The van der Waals surface area contributed by atoms with Crippen molar-refractivity contribution < 1.29 is 24.2 Å². The Balaban J connectivity index is 1.54. The van der Waals surface area contributed by atoms with Crippen molar-refractivity contribution in [1.29, 1.82) is 0 Å². The summed E-state index contributed by atoms with van der Waals surface area (Å²) < 4.78 is 11.1. The molecule has 3 rings (SSSR count).